The van der Waals surface area contributed by atoms with Crippen LogP contribution in [0.15, 0.2) is 24.3 Å². The minimum atomic E-state index is 0.0454. The standard InChI is InChI=1S/C13H17NO/c1-3-4-5-9-15-13-8-6-7-12(10-13)11(2)14/h6-8,10-11H,5,9,14H2,1-2H3/t11-/m1/s1. The fraction of sp³-hybridized carbons (Fsp3) is 0.385. The van der Waals surface area contributed by atoms with Gasteiger partial charge < -0.3 is 10.5 Å². The Morgan fingerprint density at radius 2 is 2.27 bits per heavy atom. The zero-order valence-electron chi connectivity index (χ0n) is 9.29. The third kappa shape index (κ3) is 4.05. The Kier molecular flexibility index (Phi) is 4.73. The summed E-state index contributed by atoms with van der Waals surface area (Å²) in [6, 6.07) is 7.92. The van der Waals surface area contributed by atoms with Crippen molar-refractivity contribution in [3.8, 4) is 17.6 Å². The van der Waals surface area contributed by atoms with Gasteiger partial charge in [-0.3, -0.25) is 0 Å². The molecule has 0 fully saturated rings. The molecule has 0 saturated heterocycles. The highest BCUT2D eigenvalue weighted by Gasteiger charge is 2.00. The van der Waals surface area contributed by atoms with Crippen LogP contribution in [0.2, 0.25) is 0 Å². The second-order valence-corrected chi connectivity index (χ2v) is 3.39. The van der Waals surface area contributed by atoms with Crippen LogP contribution in [0, 0.1) is 11.8 Å². The molecule has 0 aliphatic heterocycles. The van der Waals surface area contributed by atoms with Gasteiger partial charge >= 0.3 is 0 Å². The molecule has 1 aromatic rings. The second kappa shape index (κ2) is 6.10. The van der Waals surface area contributed by atoms with E-state index >= 15 is 0 Å². The highest BCUT2D eigenvalue weighted by Crippen LogP contribution is 2.17. The van der Waals surface area contributed by atoms with E-state index in [0.29, 0.717) is 6.61 Å². The van der Waals surface area contributed by atoms with Crippen molar-refractivity contribution in [3.63, 3.8) is 0 Å². The number of rotatable bonds is 4. The Balaban J connectivity index is 2.53. The van der Waals surface area contributed by atoms with E-state index in [0.717, 1.165) is 17.7 Å². The van der Waals surface area contributed by atoms with Gasteiger partial charge in [0.2, 0.25) is 0 Å². The fourth-order valence-corrected chi connectivity index (χ4v) is 1.23. The van der Waals surface area contributed by atoms with Gasteiger partial charge in [-0.1, -0.05) is 12.1 Å². The number of nitrogens with two attached hydrogens (primary N) is 1. The Bertz CT molecular complexity index is 360. The average Bonchev–Trinajstić information content (AvgIpc) is 2.25. The fourth-order valence-electron chi connectivity index (χ4n) is 1.23. The number of hydrogen-bond acceptors (Lipinski definition) is 2. The maximum Gasteiger partial charge on any atom is 0.119 e. The van der Waals surface area contributed by atoms with E-state index in [-0.39, 0.29) is 6.04 Å². The molecule has 0 aromatic heterocycles. The molecule has 0 saturated carbocycles. The summed E-state index contributed by atoms with van der Waals surface area (Å²) in [7, 11) is 0. The van der Waals surface area contributed by atoms with Gasteiger partial charge in [-0.25, -0.2) is 0 Å². The van der Waals surface area contributed by atoms with Gasteiger partial charge in [-0.05, 0) is 31.5 Å². The average molecular weight is 203 g/mol. The van der Waals surface area contributed by atoms with Crippen molar-refractivity contribution in [3.05, 3.63) is 29.8 Å². The van der Waals surface area contributed by atoms with E-state index in [2.05, 4.69) is 11.8 Å². The number of hydrogen-bond donors (Lipinski definition) is 1. The van der Waals surface area contributed by atoms with E-state index in [4.69, 9.17) is 10.5 Å². The van der Waals surface area contributed by atoms with Crippen LogP contribution in [0.3, 0.4) is 0 Å². The van der Waals surface area contributed by atoms with Gasteiger partial charge in [0, 0.05) is 12.5 Å². The van der Waals surface area contributed by atoms with Crippen LogP contribution in [-0.4, -0.2) is 6.61 Å². The van der Waals surface area contributed by atoms with Crippen LogP contribution in [0.25, 0.3) is 0 Å². The quantitative estimate of drug-likeness (QED) is 0.602. The van der Waals surface area contributed by atoms with E-state index < -0.39 is 0 Å². The zero-order valence-corrected chi connectivity index (χ0v) is 9.29. The first kappa shape index (κ1) is 11.6. The lowest BCUT2D eigenvalue weighted by Gasteiger charge is -2.08. The largest absolute Gasteiger partial charge is 0.493 e. The van der Waals surface area contributed by atoms with Crippen molar-refractivity contribution < 1.29 is 4.74 Å². The van der Waals surface area contributed by atoms with Crippen molar-refractivity contribution in [2.24, 2.45) is 5.73 Å². The predicted molar refractivity (Wildman–Crippen MR) is 62.6 cm³/mol. The lowest BCUT2D eigenvalue weighted by atomic mass is 10.1. The van der Waals surface area contributed by atoms with Crippen molar-refractivity contribution >= 4 is 0 Å². The SMILES string of the molecule is CC#CCCOc1cccc([C@@H](C)N)c1. The third-order valence-electron chi connectivity index (χ3n) is 2.06. The van der Waals surface area contributed by atoms with Gasteiger partial charge in [0.1, 0.15) is 5.75 Å². The molecule has 1 rings (SSSR count). The van der Waals surface area contributed by atoms with Crippen LogP contribution >= 0.6 is 0 Å². The van der Waals surface area contributed by atoms with Crippen LogP contribution in [0.4, 0.5) is 0 Å². The summed E-state index contributed by atoms with van der Waals surface area (Å²) in [5.74, 6) is 6.65. The Hall–Kier alpha value is -1.46. The summed E-state index contributed by atoms with van der Waals surface area (Å²) < 4.78 is 5.54. The molecule has 0 bridgehead atoms. The number of benzene rings is 1. The first-order valence-corrected chi connectivity index (χ1v) is 5.12. The predicted octanol–water partition coefficient (Wildman–Crippen LogP) is 2.50. The van der Waals surface area contributed by atoms with Gasteiger partial charge in [0.05, 0.1) is 6.61 Å². The topological polar surface area (TPSA) is 35.2 Å². The van der Waals surface area contributed by atoms with Crippen molar-refractivity contribution in [2.45, 2.75) is 26.3 Å². The molecule has 0 heterocycles. The Morgan fingerprint density at radius 1 is 1.47 bits per heavy atom. The Morgan fingerprint density at radius 3 is 2.93 bits per heavy atom. The van der Waals surface area contributed by atoms with Crippen LogP contribution in [-0.2, 0) is 0 Å². The molecule has 2 nitrogen and oxygen atoms in total. The normalized spacial score (nSPS) is 11.4. The molecule has 0 amide bonds. The van der Waals surface area contributed by atoms with E-state index in [1.165, 1.54) is 0 Å². The maximum absolute atomic E-state index is 5.78. The molecule has 0 aliphatic carbocycles. The number of ether oxygens (including phenoxy) is 1. The molecule has 15 heavy (non-hydrogen) atoms. The molecule has 0 unspecified atom stereocenters. The molecule has 0 radical (unpaired) electrons. The lowest BCUT2D eigenvalue weighted by molar-refractivity contribution is 0.326. The van der Waals surface area contributed by atoms with E-state index in [1.54, 1.807) is 0 Å². The molecule has 2 N–H and O–H groups in total. The van der Waals surface area contributed by atoms with Crippen LogP contribution in [0.5, 0.6) is 5.75 Å². The van der Waals surface area contributed by atoms with Gasteiger partial charge in [0.15, 0.2) is 0 Å². The molecule has 1 aromatic carbocycles. The second-order valence-electron chi connectivity index (χ2n) is 3.39. The van der Waals surface area contributed by atoms with Crippen molar-refractivity contribution in [1.82, 2.24) is 0 Å². The zero-order chi connectivity index (χ0) is 11.1. The summed E-state index contributed by atoms with van der Waals surface area (Å²) in [4.78, 5) is 0. The molecular formula is C13H17NO. The van der Waals surface area contributed by atoms with Gasteiger partial charge in [-0.15, -0.1) is 11.8 Å². The molecule has 80 valence electrons. The van der Waals surface area contributed by atoms with Crippen molar-refractivity contribution in [1.29, 1.82) is 0 Å². The highest BCUT2D eigenvalue weighted by molar-refractivity contribution is 5.30. The van der Waals surface area contributed by atoms with Crippen LogP contribution in [0.1, 0.15) is 31.9 Å². The minimum Gasteiger partial charge on any atom is -0.493 e. The molecule has 1 atom stereocenters. The van der Waals surface area contributed by atoms with Crippen molar-refractivity contribution in [2.75, 3.05) is 6.61 Å². The smallest absolute Gasteiger partial charge is 0.119 e. The molecule has 0 spiro atoms. The molecule has 0 aliphatic rings. The summed E-state index contributed by atoms with van der Waals surface area (Å²) >= 11 is 0. The minimum absolute atomic E-state index is 0.0454. The lowest BCUT2D eigenvalue weighted by Crippen LogP contribution is -2.05. The third-order valence-corrected chi connectivity index (χ3v) is 2.06. The monoisotopic (exact) mass is 203 g/mol. The summed E-state index contributed by atoms with van der Waals surface area (Å²) in [5, 5.41) is 0. The molecule has 2 heteroatoms. The van der Waals surface area contributed by atoms with Gasteiger partial charge in [0.25, 0.3) is 0 Å². The van der Waals surface area contributed by atoms with Gasteiger partial charge in [-0.2, -0.15) is 0 Å². The highest BCUT2D eigenvalue weighted by atomic mass is 16.5. The van der Waals surface area contributed by atoms with E-state index in [1.807, 2.05) is 38.1 Å². The summed E-state index contributed by atoms with van der Waals surface area (Å²) in [6.45, 7) is 4.42. The first-order chi connectivity index (χ1) is 7.24. The van der Waals surface area contributed by atoms with Crippen LogP contribution < -0.4 is 10.5 Å². The van der Waals surface area contributed by atoms with E-state index in [9.17, 15) is 0 Å². The summed E-state index contributed by atoms with van der Waals surface area (Å²) in [5.41, 5.74) is 6.87. The maximum atomic E-state index is 5.78. The molecular weight excluding hydrogens is 186 g/mol. The first-order valence-electron chi connectivity index (χ1n) is 5.12. The Labute approximate surface area is 91.4 Å². The summed E-state index contributed by atoms with van der Waals surface area (Å²) in [6.07, 6.45) is 0.763.